The summed E-state index contributed by atoms with van der Waals surface area (Å²) in [5, 5.41) is 2.91. The zero-order valence-corrected chi connectivity index (χ0v) is 15.2. The van der Waals surface area contributed by atoms with Crippen LogP contribution in [0.5, 0.6) is 5.75 Å². The van der Waals surface area contributed by atoms with Crippen LogP contribution in [0.3, 0.4) is 0 Å². The summed E-state index contributed by atoms with van der Waals surface area (Å²) >= 11 is 0. The van der Waals surface area contributed by atoms with Gasteiger partial charge in [-0.1, -0.05) is 29.8 Å². The number of methoxy groups -OCH3 is 1. The molecule has 2 aromatic carbocycles. The molecule has 0 aromatic heterocycles. The molecule has 1 saturated heterocycles. The molecule has 136 valence electrons. The highest BCUT2D eigenvalue weighted by atomic mass is 16.5. The Morgan fingerprint density at radius 3 is 2.77 bits per heavy atom. The van der Waals surface area contributed by atoms with E-state index >= 15 is 0 Å². The van der Waals surface area contributed by atoms with Crippen LogP contribution in [0.4, 0.5) is 11.4 Å². The SMILES string of the molecule is COc1cc(NC(=O)CCc2cccc(C)c2)ccc1N1CCCC1=O. The van der Waals surface area contributed by atoms with Crippen LogP contribution >= 0.6 is 0 Å². The summed E-state index contributed by atoms with van der Waals surface area (Å²) in [6.07, 6.45) is 2.54. The topological polar surface area (TPSA) is 58.6 Å². The minimum atomic E-state index is -0.0430. The van der Waals surface area contributed by atoms with E-state index in [1.807, 2.05) is 37.3 Å². The number of rotatable bonds is 6. The average molecular weight is 352 g/mol. The third-order valence-electron chi connectivity index (χ3n) is 4.55. The maximum atomic E-state index is 12.2. The van der Waals surface area contributed by atoms with Gasteiger partial charge in [-0.15, -0.1) is 0 Å². The van der Waals surface area contributed by atoms with E-state index in [4.69, 9.17) is 4.74 Å². The van der Waals surface area contributed by atoms with Gasteiger partial charge in [-0.25, -0.2) is 0 Å². The first-order chi connectivity index (χ1) is 12.6. The van der Waals surface area contributed by atoms with Gasteiger partial charge in [0.2, 0.25) is 11.8 Å². The third kappa shape index (κ3) is 4.23. The number of hydrogen-bond donors (Lipinski definition) is 1. The van der Waals surface area contributed by atoms with E-state index in [9.17, 15) is 9.59 Å². The molecule has 1 aliphatic heterocycles. The quantitative estimate of drug-likeness (QED) is 0.862. The van der Waals surface area contributed by atoms with Crippen molar-refractivity contribution in [3.63, 3.8) is 0 Å². The molecule has 1 heterocycles. The van der Waals surface area contributed by atoms with Crippen molar-refractivity contribution in [2.45, 2.75) is 32.6 Å². The van der Waals surface area contributed by atoms with Gasteiger partial charge in [0.15, 0.2) is 0 Å². The first-order valence-electron chi connectivity index (χ1n) is 8.90. The van der Waals surface area contributed by atoms with E-state index in [1.54, 1.807) is 18.1 Å². The fourth-order valence-electron chi connectivity index (χ4n) is 3.23. The minimum Gasteiger partial charge on any atom is -0.494 e. The highest BCUT2D eigenvalue weighted by molar-refractivity contribution is 5.98. The van der Waals surface area contributed by atoms with Gasteiger partial charge in [-0.3, -0.25) is 9.59 Å². The minimum absolute atomic E-state index is 0.0430. The van der Waals surface area contributed by atoms with Gasteiger partial charge in [0, 0.05) is 31.1 Å². The Labute approximate surface area is 154 Å². The van der Waals surface area contributed by atoms with Crippen LogP contribution in [0, 0.1) is 6.92 Å². The summed E-state index contributed by atoms with van der Waals surface area (Å²) in [6.45, 7) is 2.75. The lowest BCUT2D eigenvalue weighted by atomic mass is 10.1. The molecule has 0 bridgehead atoms. The maximum absolute atomic E-state index is 12.2. The number of hydrogen-bond acceptors (Lipinski definition) is 3. The number of carbonyl (C=O) groups is 2. The van der Waals surface area contributed by atoms with Gasteiger partial charge >= 0.3 is 0 Å². The second kappa shape index (κ2) is 8.04. The van der Waals surface area contributed by atoms with Crippen molar-refractivity contribution < 1.29 is 14.3 Å². The monoisotopic (exact) mass is 352 g/mol. The lowest BCUT2D eigenvalue weighted by Crippen LogP contribution is -2.24. The molecule has 5 heteroatoms. The molecule has 5 nitrogen and oxygen atoms in total. The summed E-state index contributed by atoms with van der Waals surface area (Å²) in [5.41, 5.74) is 3.78. The fraction of sp³-hybridized carbons (Fsp3) is 0.333. The largest absolute Gasteiger partial charge is 0.494 e. The molecule has 0 unspecified atom stereocenters. The predicted molar refractivity (Wildman–Crippen MR) is 103 cm³/mol. The molecular formula is C21H24N2O3. The Hall–Kier alpha value is -2.82. The molecule has 1 fully saturated rings. The highest BCUT2D eigenvalue weighted by Crippen LogP contribution is 2.33. The predicted octanol–water partition coefficient (Wildman–Crippen LogP) is 3.70. The van der Waals surface area contributed by atoms with Crippen molar-refractivity contribution in [2.24, 2.45) is 0 Å². The number of aryl methyl sites for hydroxylation is 2. The molecule has 26 heavy (non-hydrogen) atoms. The summed E-state index contributed by atoms with van der Waals surface area (Å²) in [7, 11) is 1.57. The number of benzene rings is 2. The van der Waals surface area contributed by atoms with Gasteiger partial charge in [0.25, 0.3) is 0 Å². The van der Waals surface area contributed by atoms with Crippen molar-refractivity contribution in [3.05, 3.63) is 53.6 Å². The van der Waals surface area contributed by atoms with Crippen LogP contribution in [-0.4, -0.2) is 25.5 Å². The lowest BCUT2D eigenvalue weighted by Gasteiger charge is -2.19. The lowest BCUT2D eigenvalue weighted by molar-refractivity contribution is -0.117. The van der Waals surface area contributed by atoms with Crippen LogP contribution in [0.15, 0.2) is 42.5 Å². The summed E-state index contributed by atoms with van der Waals surface area (Å²) in [6, 6.07) is 13.6. The smallest absolute Gasteiger partial charge is 0.227 e. The highest BCUT2D eigenvalue weighted by Gasteiger charge is 2.24. The van der Waals surface area contributed by atoms with Crippen LogP contribution in [-0.2, 0) is 16.0 Å². The number of nitrogens with zero attached hydrogens (tertiary/aromatic N) is 1. The van der Waals surface area contributed by atoms with Crippen molar-refractivity contribution in [1.29, 1.82) is 0 Å². The van der Waals surface area contributed by atoms with E-state index in [1.165, 1.54) is 5.56 Å². The molecule has 0 radical (unpaired) electrons. The van der Waals surface area contributed by atoms with Gasteiger partial charge in [0.05, 0.1) is 12.8 Å². The molecule has 3 rings (SSSR count). The van der Waals surface area contributed by atoms with E-state index in [-0.39, 0.29) is 11.8 Å². The van der Waals surface area contributed by atoms with E-state index in [2.05, 4.69) is 11.4 Å². The number of carbonyl (C=O) groups excluding carboxylic acids is 2. The molecular weight excluding hydrogens is 328 g/mol. The molecule has 0 atom stereocenters. The Bertz CT molecular complexity index is 817. The molecule has 2 aromatic rings. The molecule has 1 N–H and O–H groups in total. The number of ether oxygens (including phenoxy) is 1. The standard InChI is InChI=1S/C21H24N2O3/c1-15-5-3-6-16(13-15)8-11-20(24)22-17-9-10-18(19(14-17)26-2)23-12-4-7-21(23)25/h3,5-6,9-10,13-14H,4,7-8,11-12H2,1-2H3,(H,22,24). The van der Waals surface area contributed by atoms with Crippen molar-refractivity contribution in [3.8, 4) is 5.75 Å². The van der Waals surface area contributed by atoms with Crippen molar-refractivity contribution in [1.82, 2.24) is 0 Å². The number of nitrogens with one attached hydrogen (secondary N) is 1. The van der Waals surface area contributed by atoms with E-state index in [0.29, 0.717) is 37.2 Å². The fourth-order valence-corrected chi connectivity index (χ4v) is 3.23. The second-order valence-electron chi connectivity index (χ2n) is 6.57. The number of anilines is 2. The van der Waals surface area contributed by atoms with Crippen LogP contribution in [0.1, 0.15) is 30.4 Å². The average Bonchev–Trinajstić information content (AvgIpc) is 3.06. The maximum Gasteiger partial charge on any atom is 0.227 e. The summed E-state index contributed by atoms with van der Waals surface area (Å²) < 4.78 is 5.43. The van der Waals surface area contributed by atoms with Gasteiger partial charge in [-0.2, -0.15) is 0 Å². The molecule has 0 saturated carbocycles. The van der Waals surface area contributed by atoms with Crippen LogP contribution < -0.4 is 15.0 Å². The molecule has 1 aliphatic rings. The Kier molecular flexibility index (Phi) is 5.56. The first kappa shape index (κ1) is 18.0. The molecule has 2 amide bonds. The van der Waals surface area contributed by atoms with Gasteiger partial charge in [-0.05, 0) is 37.5 Å². The van der Waals surface area contributed by atoms with Crippen LogP contribution in [0.2, 0.25) is 0 Å². The molecule has 0 spiro atoms. The Balaban J connectivity index is 1.64. The normalized spacial score (nSPS) is 13.8. The second-order valence-corrected chi connectivity index (χ2v) is 6.57. The van der Waals surface area contributed by atoms with Gasteiger partial charge in [0.1, 0.15) is 5.75 Å². The third-order valence-corrected chi connectivity index (χ3v) is 4.55. The Morgan fingerprint density at radius 1 is 1.23 bits per heavy atom. The molecule has 0 aliphatic carbocycles. The van der Waals surface area contributed by atoms with E-state index in [0.717, 1.165) is 17.7 Å². The zero-order valence-electron chi connectivity index (χ0n) is 15.2. The first-order valence-corrected chi connectivity index (χ1v) is 8.90. The Morgan fingerprint density at radius 2 is 2.08 bits per heavy atom. The van der Waals surface area contributed by atoms with Crippen LogP contribution in [0.25, 0.3) is 0 Å². The van der Waals surface area contributed by atoms with E-state index < -0.39 is 0 Å². The summed E-state index contributed by atoms with van der Waals surface area (Å²) in [5.74, 6) is 0.661. The van der Waals surface area contributed by atoms with Crippen molar-refractivity contribution >= 4 is 23.2 Å². The van der Waals surface area contributed by atoms with Crippen molar-refractivity contribution in [2.75, 3.05) is 23.9 Å². The number of amides is 2. The zero-order chi connectivity index (χ0) is 18.5. The summed E-state index contributed by atoms with van der Waals surface area (Å²) in [4.78, 5) is 25.9. The van der Waals surface area contributed by atoms with Gasteiger partial charge < -0.3 is 15.0 Å².